The predicted octanol–water partition coefficient (Wildman–Crippen LogP) is 2.80. The Bertz CT molecular complexity index is 558. The zero-order valence-electron chi connectivity index (χ0n) is 12.1. The molecule has 1 unspecified atom stereocenters. The number of methoxy groups -OCH3 is 1. The summed E-state index contributed by atoms with van der Waals surface area (Å²) >= 11 is 0. The quantitative estimate of drug-likeness (QED) is 0.878. The number of hydrogen-bond acceptors (Lipinski definition) is 4. The summed E-state index contributed by atoms with van der Waals surface area (Å²) in [4.78, 5) is 4.21. The highest BCUT2D eigenvalue weighted by Gasteiger charge is 2.13. The van der Waals surface area contributed by atoms with Crippen LogP contribution in [0.2, 0.25) is 0 Å². The van der Waals surface area contributed by atoms with Crippen LogP contribution in [0.5, 0.6) is 11.5 Å². The Morgan fingerprint density at radius 3 is 2.65 bits per heavy atom. The van der Waals surface area contributed by atoms with Crippen molar-refractivity contribution in [3.8, 4) is 11.5 Å². The molecule has 1 aromatic carbocycles. The molecule has 0 spiro atoms. The van der Waals surface area contributed by atoms with Gasteiger partial charge in [0.1, 0.15) is 11.5 Å². The normalized spacial score (nSPS) is 11.9. The van der Waals surface area contributed by atoms with Crippen LogP contribution in [0.25, 0.3) is 0 Å². The maximum atomic E-state index is 5.55. The van der Waals surface area contributed by atoms with Gasteiger partial charge in [0.2, 0.25) is 0 Å². The van der Waals surface area contributed by atoms with E-state index in [9.17, 15) is 0 Å². The minimum Gasteiger partial charge on any atom is -0.495 e. The first-order valence-corrected chi connectivity index (χ1v) is 6.67. The first-order chi connectivity index (χ1) is 9.78. The van der Waals surface area contributed by atoms with Crippen molar-refractivity contribution >= 4 is 0 Å². The number of rotatable bonds is 6. The monoisotopic (exact) mass is 272 g/mol. The maximum Gasteiger partial charge on any atom is 0.137 e. The van der Waals surface area contributed by atoms with Crippen molar-refractivity contribution in [3.05, 3.63) is 53.9 Å². The lowest BCUT2D eigenvalue weighted by atomic mass is 10.00. The van der Waals surface area contributed by atoms with E-state index in [2.05, 4.69) is 16.4 Å². The summed E-state index contributed by atoms with van der Waals surface area (Å²) in [5, 5.41) is 3.30. The molecular formula is C16H20N2O2. The molecule has 0 aliphatic rings. The van der Waals surface area contributed by atoms with Crippen LogP contribution in [0.1, 0.15) is 24.1 Å². The Kier molecular flexibility index (Phi) is 4.96. The van der Waals surface area contributed by atoms with E-state index in [1.165, 1.54) is 0 Å². The minimum atomic E-state index is 0.0537. The van der Waals surface area contributed by atoms with Gasteiger partial charge in [-0.3, -0.25) is 4.98 Å². The van der Waals surface area contributed by atoms with Crippen LogP contribution in [-0.2, 0) is 0 Å². The summed E-state index contributed by atoms with van der Waals surface area (Å²) in [6.07, 6.45) is 3.55. The summed E-state index contributed by atoms with van der Waals surface area (Å²) in [6.45, 7) is 2.64. The van der Waals surface area contributed by atoms with Crippen molar-refractivity contribution < 1.29 is 9.47 Å². The van der Waals surface area contributed by atoms with Crippen molar-refractivity contribution in [2.45, 2.75) is 13.0 Å². The largest absolute Gasteiger partial charge is 0.495 e. The van der Waals surface area contributed by atoms with Gasteiger partial charge in [-0.05, 0) is 43.3 Å². The molecule has 0 saturated carbocycles. The number of nitrogens with zero attached hydrogens (tertiary/aromatic N) is 1. The smallest absolute Gasteiger partial charge is 0.137 e. The lowest BCUT2D eigenvalue weighted by Crippen LogP contribution is -2.18. The molecular weight excluding hydrogens is 252 g/mol. The summed E-state index contributed by atoms with van der Waals surface area (Å²) in [5.41, 5.74) is 2.19. The number of aromatic nitrogens is 1. The lowest BCUT2D eigenvalue weighted by Gasteiger charge is -2.18. The van der Waals surface area contributed by atoms with Crippen molar-refractivity contribution in [1.29, 1.82) is 0 Å². The van der Waals surface area contributed by atoms with E-state index in [-0.39, 0.29) is 6.04 Å². The van der Waals surface area contributed by atoms with Crippen LogP contribution in [0.4, 0.5) is 0 Å². The van der Waals surface area contributed by atoms with Crippen molar-refractivity contribution in [2.75, 3.05) is 20.8 Å². The van der Waals surface area contributed by atoms with Crippen LogP contribution in [0.3, 0.4) is 0 Å². The topological polar surface area (TPSA) is 43.4 Å². The van der Waals surface area contributed by atoms with Gasteiger partial charge < -0.3 is 14.8 Å². The number of hydrogen-bond donors (Lipinski definition) is 1. The second kappa shape index (κ2) is 6.91. The highest BCUT2D eigenvalue weighted by molar-refractivity contribution is 5.37. The van der Waals surface area contributed by atoms with Crippen molar-refractivity contribution in [1.82, 2.24) is 10.3 Å². The Morgan fingerprint density at radius 1 is 1.15 bits per heavy atom. The van der Waals surface area contributed by atoms with Crippen LogP contribution in [0.15, 0.2) is 42.7 Å². The van der Waals surface area contributed by atoms with Gasteiger partial charge in [0.25, 0.3) is 0 Å². The fraction of sp³-hybridized carbons (Fsp3) is 0.312. The number of pyridine rings is 1. The molecule has 0 radical (unpaired) electrons. The van der Waals surface area contributed by atoms with Crippen LogP contribution < -0.4 is 14.8 Å². The molecule has 0 aliphatic heterocycles. The van der Waals surface area contributed by atoms with Gasteiger partial charge in [0, 0.05) is 6.20 Å². The third kappa shape index (κ3) is 3.27. The number of ether oxygens (including phenoxy) is 2. The van der Waals surface area contributed by atoms with E-state index in [1.54, 1.807) is 13.3 Å². The molecule has 0 amide bonds. The Balaban J connectivity index is 2.33. The lowest BCUT2D eigenvalue weighted by molar-refractivity contribution is 0.339. The van der Waals surface area contributed by atoms with Gasteiger partial charge in [-0.1, -0.05) is 12.1 Å². The molecule has 0 fully saturated rings. The molecule has 1 aromatic heterocycles. The average molecular weight is 272 g/mol. The van der Waals surface area contributed by atoms with Crippen LogP contribution >= 0.6 is 0 Å². The van der Waals surface area contributed by atoms with Crippen LogP contribution in [0, 0.1) is 0 Å². The minimum absolute atomic E-state index is 0.0537. The molecule has 1 atom stereocenters. The molecule has 2 aromatic rings. The molecule has 0 aliphatic carbocycles. The molecule has 106 valence electrons. The second-order valence-corrected chi connectivity index (χ2v) is 4.39. The van der Waals surface area contributed by atoms with E-state index in [1.807, 2.05) is 44.4 Å². The van der Waals surface area contributed by atoms with E-state index in [4.69, 9.17) is 9.47 Å². The molecule has 4 heteroatoms. The van der Waals surface area contributed by atoms with Crippen molar-refractivity contribution in [2.24, 2.45) is 0 Å². The molecule has 0 bridgehead atoms. The molecule has 2 rings (SSSR count). The second-order valence-electron chi connectivity index (χ2n) is 4.39. The predicted molar refractivity (Wildman–Crippen MR) is 79.3 cm³/mol. The average Bonchev–Trinajstić information content (AvgIpc) is 2.49. The van der Waals surface area contributed by atoms with Gasteiger partial charge in [-0.15, -0.1) is 0 Å². The van der Waals surface area contributed by atoms with E-state index >= 15 is 0 Å². The summed E-state index contributed by atoms with van der Waals surface area (Å²) in [7, 11) is 3.57. The summed E-state index contributed by atoms with van der Waals surface area (Å²) in [5.74, 6) is 1.63. The first-order valence-electron chi connectivity index (χ1n) is 6.67. The highest BCUT2D eigenvalue weighted by Crippen LogP contribution is 2.26. The van der Waals surface area contributed by atoms with Gasteiger partial charge >= 0.3 is 0 Å². The Hall–Kier alpha value is -2.07. The standard InChI is InChI=1S/C16H20N2O2/c1-4-20-14-7-5-6-12(8-14)16(17-2)13-9-15(19-3)11-18-10-13/h5-11,16-17H,4H2,1-3H3. The molecule has 20 heavy (non-hydrogen) atoms. The molecule has 4 nitrogen and oxygen atoms in total. The highest BCUT2D eigenvalue weighted by atomic mass is 16.5. The van der Waals surface area contributed by atoms with Gasteiger partial charge in [0.15, 0.2) is 0 Å². The van der Waals surface area contributed by atoms with E-state index in [0.29, 0.717) is 6.61 Å². The molecule has 1 N–H and O–H groups in total. The van der Waals surface area contributed by atoms with E-state index in [0.717, 1.165) is 22.6 Å². The Morgan fingerprint density at radius 2 is 1.95 bits per heavy atom. The number of benzene rings is 1. The van der Waals surface area contributed by atoms with Gasteiger partial charge in [-0.2, -0.15) is 0 Å². The number of nitrogens with one attached hydrogen (secondary N) is 1. The summed E-state index contributed by atoms with van der Waals surface area (Å²) < 4.78 is 10.8. The van der Waals surface area contributed by atoms with E-state index < -0.39 is 0 Å². The third-order valence-corrected chi connectivity index (χ3v) is 3.09. The first kappa shape index (κ1) is 14.3. The fourth-order valence-electron chi connectivity index (χ4n) is 2.18. The third-order valence-electron chi connectivity index (χ3n) is 3.09. The Labute approximate surface area is 119 Å². The zero-order valence-corrected chi connectivity index (χ0v) is 12.1. The van der Waals surface area contributed by atoms with Gasteiger partial charge in [-0.25, -0.2) is 0 Å². The molecule has 0 saturated heterocycles. The fourth-order valence-corrected chi connectivity index (χ4v) is 2.18. The zero-order chi connectivity index (χ0) is 14.4. The molecule has 1 heterocycles. The maximum absolute atomic E-state index is 5.55. The van der Waals surface area contributed by atoms with Gasteiger partial charge in [0.05, 0.1) is 26.0 Å². The summed E-state index contributed by atoms with van der Waals surface area (Å²) in [6, 6.07) is 10.1. The SMILES string of the molecule is CCOc1cccc(C(NC)c2cncc(OC)c2)c1. The van der Waals surface area contributed by atoms with Crippen molar-refractivity contribution in [3.63, 3.8) is 0 Å². The van der Waals surface area contributed by atoms with Crippen LogP contribution in [-0.4, -0.2) is 25.7 Å².